The van der Waals surface area contributed by atoms with Gasteiger partial charge < -0.3 is 0 Å². The van der Waals surface area contributed by atoms with Crippen LogP contribution >= 0.6 is 0 Å². The third-order valence-corrected chi connectivity index (χ3v) is 2.36. The summed E-state index contributed by atoms with van der Waals surface area (Å²) in [6.45, 7) is 12.6. The first-order chi connectivity index (χ1) is 7.72. The minimum absolute atomic E-state index is 0.591. The van der Waals surface area contributed by atoms with E-state index in [1.165, 1.54) is 5.56 Å². The second-order valence-electron chi connectivity index (χ2n) is 4.43. The molecule has 0 bridgehead atoms. The zero-order valence-electron chi connectivity index (χ0n) is 10.4. The summed E-state index contributed by atoms with van der Waals surface area (Å²) >= 11 is 0. The summed E-state index contributed by atoms with van der Waals surface area (Å²) in [5, 5.41) is 0. The average Bonchev–Trinajstić information content (AvgIpc) is 2.26. The second-order valence-corrected chi connectivity index (χ2v) is 4.43. The molecule has 0 spiro atoms. The summed E-state index contributed by atoms with van der Waals surface area (Å²) in [7, 11) is 0. The van der Waals surface area contributed by atoms with Gasteiger partial charge in [0.1, 0.15) is 0 Å². The normalized spacial score (nSPS) is 11.0. The van der Waals surface area contributed by atoms with Crippen LogP contribution in [0.5, 0.6) is 0 Å². The SMILES string of the molecule is C=CCCN([CH]C(C)C)Cc1ccccc1. The molecule has 1 aromatic rings. The summed E-state index contributed by atoms with van der Waals surface area (Å²) in [4.78, 5) is 2.38. The molecular weight excluding hydrogens is 194 g/mol. The Morgan fingerprint density at radius 2 is 1.94 bits per heavy atom. The maximum absolute atomic E-state index is 3.78. The fourth-order valence-corrected chi connectivity index (χ4v) is 1.70. The maximum Gasteiger partial charge on any atom is 0.0280 e. The lowest BCUT2D eigenvalue weighted by atomic mass is 10.1. The van der Waals surface area contributed by atoms with E-state index in [1.807, 2.05) is 6.08 Å². The maximum atomic E-state index is 3.78. The van der Waals surface area contributed by atoms with Crippen molar-refractivity contribution < 1.29 is 0 Å². The van der Waals surface area contributed by atoms with Crippen LogP contribution in [0, 0.1) is 12.5 Å². The third-order valence-electron chi connectivity index (χ3n) is 2.36. The van der Waals surface area contributed by atoms with Crippen LogP contribution in [0.4, 0.5) is 0 Å². The summed E-state index contributed by atoms with van der Waals surface area (Å²) in [6, 6.07) is 10.6. The van der Waals surface area contributed by atoms with Crippen LogP contribution < -0.4 is 0 Å². The Hall–Kier alpha value is -1.08. The van der Waals surface area contributed by atoms with Gasteiger partial charge in [-0.3, -0.25) is 4.90 Å². The lowest BCUT2D eigenvalue weighted by Gasteiger charge is -2.23. The van der Waals surface area contributed by atoms with E-state index in [-0.39, 0.29) is 0 Å². The zero-order chi connectivity index (χ0) is 11.8. The van der Waals surface area contributed by atoms with Crippen LogP contribution in [-0.2, 0) is 6.54 Å². The standard InChI is InChI=1S/C15H22N/c1-4-5-11-16(12-14(2)3)13-15-9-7-6-8-10-15/h4,6-10,12,14H,1,5,11,13H2,2-3H3. The van der Waals surface area contributed by atoms with Crippen molar-refractivity contribution in [2.24, 2.45) is 5.92 Å². The highest BCUT2D eigenvalue weighted by Gasteiger charge is 2.07. The highest BCUT2D eigenvalue weighted by molar-refractivity contribution is 5.14. The van der Waals surface area contributed by atoms with Gasteiger partial charge in [0.05, 0.1) is 0 Å². The van der Waals surface area contributed by atoms with E-state index in [0.717, 1.165) is 19.5 Å². The average molecular weight is 216 g/mol. The summed E-state index contributed by atoms with van der Waals surface area (Å²) in [6.07, 6.45) is 3.02. The predicted octanol–water partition coefficient (Wildman–Crippen LogP) is 3.88. The van der Waals surface area contributed by atoms with Crippen LogP contribution in [0.25, 0.3) is 0 Å². The third kappa shape index (κ3) is 5.13. The van der Waals surface area contributed by atoms with E-state index in [4.69, 9.17) is 0 Å². The van der Waals surface area contributed by atoms with Gasteiger partial charge in [-0.25, -0.2) is 0 Å². The van der Waals surface area contributed by atoms with E-state index < -0.39 is 0 Å². The highest BCUT2D eigenvalue weighted by atomic mass is 15.1. The molecule has 0 aliphatic carbocycles. The van der Waals surface area contributed by atoms with Gasteiger partial charge in [0, 0.05) is 19.6 Å². The molecular formula is C15H22N. The van der Waals surface area contributed by atoms with E-state index in [0.29, 0.717) is 5.92 Å². The van der Waals surface area contributed by atoms with Gasteiger partial charge in [-0.2, -0.15) is 0 Å². The van der Waals surface area contributed by atoms with Crippen LogP contribution in [-0.4, -0.2) is 11.4 Å². The van der Waals surface area contributed by atoms with Gasteiger partial charge in [0.2, 0.25) is 0 Å². The zero-order valence-corrected chi connectivity index (χ0v) is 10.4. The number of rotatable bonds is 7. The molecule has 0 unspecified atom stereocenters. The molecule has 0 N–H and O–H groups in total. The molecule has 87 valence electrons. The van der Waals surface area contributed by atoms with Crippen molar-refractivity contribution in [3.05, 3.63) is 55.1 Å². The lowest BCUT2D eigenvalue weighted by Crippen LogP contribution is -2.23. The van der Waals surface area contributed by atoms with Crippen LogP contribution in [0.2, 0.25) is 0 Å². The molecule has 16 heavy (non-hydrogen) atoms. The number of hydrogen-bond donors (Lipinski definition) is 0. The first-order valence-electron chi connectivity index (χ1n) is 5.96. The van der Waals surface area contributed by atoms with Gasteiger partial charge in [-0.15, -0.1) is 6.58 Å². The smallest absolute Gasteiger partial charge is 0.0280 e. The Morgan fingerprint density at radius 1 is 1.25 bits per heavy atom. The van der Waals surface area contributed by atoms with Gasteiger partial charge in [0.25, 0.3) is 0 Å². The summed E-state index contributed by atoms with van der Waals surface area (Å²) in [5.41, 5.74) is 1.36. The van der Waals surface area contributed by atoms with Crippen molar-refractivity contribution in [3.63, 3.8) is 0 Å². The molecule has 1 aromatic carbocycles. The number of benzene rings is 1. The van der Waals surface area contributed by atoms with Gasteiger partial charge >= 0.3 is 0 Å². The topological polar surface area (TPSA) is 3.24 Å². The van der Waals surface area contributed by atoms with Crippen molar-refractivity contribution in [3.8, 4) is 0 Å². The Kier molecular flexibility index (Phi) is 5.87. The monoisotopic (exact) mass is 216 g/mol. The van der Waals surface area contributed by atoms with Gasteiger partial charge in [0.15, 0.2) is 0 Å². The molecule has 0 saturated heterocycles. The fourth-order valence-electron chi connectivity index (χ4n) is 1.70. The molecule has 0 aromatic heterocycles. The quantitative estimate of drug-likeness (QED) is 0.625. The van der Waals surface area contributed by atoms with Crippen molar-refractivity contribution in [2.45, 2.75) is 26.8 Å². The predicted molar refractivity (Wildman–Crippen MR) is 70.8 cm³/mol. The molecule has 0 heterocycles. The Morgan fingerprint density at radius 3 is 2.50 bits per heavy atom. The molecule has 1 heteroatoms. The first-order valence-corrected chi connectivity index (χ1v) is 5.96. The first kappa shape index (κ1) is 13.0. The Bertz CT molecular complexity index is 290. The van der Waals surface area contributed by atoms with Crippen LogP contribution in [0.15, 0.2) is 43.0 Å². The van der Waals surface area contributed by atoms with Gasteiger partial charge in [-0.05, 0) is 17.9 Å². The molecule has 0 aliphatic heterocycles. The molecule has 1 rings (SSSR count). The molecule has 0 fully saturated rings. The number of hydrogen-bond acceptors (Lipinski definition) is 1. The molecule has 1 nitrogen and oxygen atoms in total. The van der Waals surface area contributed by atoms with Crippen LogP contribution in [0.1, 0.15) is 25.8 Å². The van der Waals surface area contributed by atoms with E-state index in [9.17, 15) is 0 Å². The summed E-state index contributed by atoms with van der Waals surface area (Å²) < 4.78 is 0. The minimum atomic E-state index is 0.591. The van der Waals surface area contributed by atoms with Crippen molar-refractivity contribution in [1.29, 1.82) is 0 Å². The largest absolute Gasteiger partial charge is 0.294 e. The molecule has 1 radical (unpaired) electrons. The Labute approximate surface area is 99.8 Å². The number of nitrogens with zero attached hydrogens (tertiary/aromatic N) is 1. The Balaban J connectivity index is 2.52. The second kappa shape index (κ2) is 7.24. The molecule has 0 saturated carbocycles. The fraction of sp³-hybridized carbons (Fsp3) is 0.400. The molecule has 0 aliphatic rings. The highest BCUT2D eigenvalue weighted by Crippen LogP contribution is 2.11. The summed E-state index contributed by atoms with van der Waals surface area (Å²) in [5.74, 6) is 0.591. The van der Waals surface area contributed by atoms with Crippen LogP contribution in [0.3, 0.4) is 0 Å². The van der Waals surface area contributed by atoms with E-state index in [2.05, 4.69) is 62.2 Å². The van der Waals surface area contributed by atoms with Crippen molar-refractivity contribution >= 4 is 0 Å². The van der Waals surface area contributed by atoms with E-state index in [1.54, 1.807) is 0 Å². The lowest BCUT2D eigenvalue weighted by molar-refractivity contribution is 0.301. The minimum Gasteiger partial charge on any atom is -0.294 e. The molecule has 0 atom stereocenters. The van der Waals surface area contributed by atoms with Crippen molar-refractivity contribution in [2.75, 3.05) is 6.54 Å². The van der Waals surface area contributed by atoms with E-state index >= 15 is 0 Å². The van der Waals surface area contributed by atoms with Gasteiger partial charge in [-0.1, -0.05) is 50.3 Å². The van der Waals surface area contributed by atoms with Crippen molar-refractivity contribution in [1.82, 2.24) is 4.90 Å². The molecule has 0 amide bonds.